The molecule has 1 fully saturated rings. The summed E-state index contributed by atoms with van der Waals surface area (Å²) in [7, 11) is 0. The molecule has 6 heteroatoms. The fourth-order valence-electron chi connectivity index (χ4n) is 1.17. The van der Waals surface area contributed by atoms with Gasteiger partial charge >= 0.3 is 11.9 Å². The largest absolute Gasteiger partial charge is 0.481 e. The summed E-state index contributed by atoms with van der Waals surface area (Å²) in [6.07, 6.45) is 0.0787. The fourth-order valence-corrected chi connectivity index (χ4v) is 1.17. The first-order valence-corrected chi connectivity index (χ1v) is 3.21. The molecular weight excluding hydrogens is 166 g/mol. The Morgan fingerprint density at radius 3 is 2.00 bits per heavy atom. The molecule has 12 heavy (non-hydrogen) atoms. The van der Waals surface area contributed by atoms with E-state index in [0.29, 0.717) is 0 Å². The number of rotatable bonds is 2. The van der Waals surface area contributed by atoms with Crippen LogP contribution in [0.4, 0.5) is 0 Å². The molecule has 1 saturated carbocycles. The van der Waals surface area contributed by atoms with Gasteiger partial charge in [0.1, 0.15) is 5.54 Å². The summed E-state index contributed by atoms with van der Waals surface area (Å²) in [5, 5.41) is 16.9. The highest BCUT2D eigenvalue weighted by atomic mass is 16.4. The summed E-state index contributed by atoms with van der Waals surface area (Å²) in [6, 6.07) is 0. The van der Waals surface area contributed by atoms with Crippen LogP contribution < -0.4 is 5.73 Å². The van der Waals surface area contributed by atoms with Crippen molar-refractivity contribution in [1.82, 2.24) is 0 Å². The van der Waals surface area contributed by atoms with E-state index in [4.69, 9.17) is 15.9 Å². The van der Waals surface area contributed by atoms with E-state index in [0.717, 1.165) is 0 Å². The maximum absolute atomic E-state index is 10.4. The highest BCUT2D eigenvalue weighted by Gasteiger charge is 2.50. The number of aliphatic carboxylic acids is 2. The molecule has 0 saturated heterocycles. The summed E-state index contributed by atoms with van der Waals surface area (Å²) in [4.78, 5) is 20.6. The van der Waals surface area contributed by atoms with Crippen LogP contribution in [0.2, 0.25) is 0 Å². The van der Waals surface area contributed by atoms with Gasteiger partial charge in [0.25, 0.3) is 0 Å². The molecule has 1 rings (SSSR count). The molecule has 0 aromatic carbocycles. The van der Waals surface area contributed by atoms with Gasteiger partial charge in [-0.25, -0.2) is 0 Å². The molecule has 1 aliphatic carbocycles. The molecule has 0 aromatic rings. The smallest absolute Gasteiger partial charge is 0.323 e. The Balaban J connectivity index is 0.00000121. The van der Waals surface area contributed by atoms with Crippen molar-refractivity contribution >= 4 is 11.9 Å². The van der Waals surface area contributed by atoms with Crippen molar-refractivity contribution in [3.63, 3.8) is 0 Å². The standard InChI is InChI=1S/C6H9NO4.H2O/c7-6(5(10)11)1-3(2-6)4(8)9;/h3H,1-2,7H2,(H,8,9)(H,10,11);1H2. The fraction of sp³-hybridized carbons (Fsp3) is 0.667. The molecule has 0 aliphatic heterocycles. The zero-order valence-corrected chi connectivity index (χ0v) is 6.28. The molecule has 0 heterocycles. The second kappa shape index (κ2) is 3.08. The maximum Gasteiger partial charge on any atom is 0.323 e. The van der Waals surface area contributed by atoms with Gasteiger partial charge in [-0.15, -0.1) is 0 Å². The van der Waals surface area contributed by atoms with Crippen LogP contribution in [0.1, 0.15) is 12.8 Å². The molecule has 0 spiro atoms. The molecule has 70 valence electrons. The number of carbonyl (C=O) groups is 2. The van der Waals surface area contributed by atoms with Gasteiger partial charge in [0.2, 0.25) is 0 Å². The highest BCUT2D eigenvalue weighted by molar-refractivity contribution is 5.84. The monoisotopic (exact) mass is 177 g/mol. The van der Waals surface area contributed by atoms with Crippen molar-refractivity contribution in [3.8, 4) is 0 Å². The van der Waals surface area contributed by atoms with Gasteiger partial charge in [-0.2, -0.15) is 0 Å². The molecule has 1 aliphatic rings. The summed E-state index contributed by atoms with van der Waals surface area (Å²) >= 11 is 0. The average molecular weight is 177 g/mol. The zero-order chi connectivity index (χ0) is 8.65. The van der Waals surface area contributed by atoms with Crippen LogP contribution in [0.25, 0.3) is 0 Å². The molecule has 0 unspecified atom stereocenters. The van der Waals surface area contributed by atoms with Gasteiger partial charge in [-0.3, -0.25) is 9.59 Å². The minimum atomic E-state index is -1.29. The van der Waals surface area contributed by atoms with Crippen molar-refractivity contribution in [1.29, 1.82) is 0 Å². The number of carboxylic acids is 2. The van der Waals surface area contributed by atoms with E-state index in [1.54, 1.807) is 0 Å². The summed E-state index contributed by atoms with van der Waals surface area (Å²) in [6.45, 7) is 0. The number of nitrogens with two attached hydrogens (primary N) is 1. The van der Waals surface area contributed by atoms with Gasteiger partial charge in [0, 0.05) is 0 Å². The lowest BCUT2D eigenvalue weighted by Gasteiger charge is -2.38. The first-order valence-electron chi connectivity index (χ1n) is 3.21. The Hall–Kier alpha value is -1.14. The third-order valence-electron chi connectivity index (χ3n) is 2.00. The van der Waals surface area contributed by atoms with E-state index in [1.165, 1.54) is 0 Å². The van der Waals surface area contributed by atoms with Crippen LogP contribution in [0.3, 0.4) is 0 Å². The second-order valence-corrected chi connectivity index (χ2v) is 2.90. The highest BCUT2D eigenvalue weighted by Crippen LogP contribution is 2.35. The van der Waals surface area contributed by atoms with Crippen molar-refractivity contribution < 1.29 is 25.3 Å². The molecule has 0 aromatic heterocycles. The van der Waals surface area contributed by atoms with Gasteiger partial charge in [-0.05, 0) is 12.8 Å². The Bertz CT molecular complexity index is 208. The molecule has 0 atom stereocenters. The van der Waals surface area contributed by atoms with Crippen LogP contribution in [-0.2, 0) is 9.59 Å². The van der Waals surface area contributed by atoms with E-state index < -0.39 is 23.4 Å². The van der Waals surface area contributed by atoms with Crippen molar-refractivity contribution in [2.75, 3.05) is 0 Å². The minimum absolute atomic E-state index is 0. The van der Waals surface area contributed by atoms with Gasteiger partial charge in [-0.1, -0.05) is 0 Å². The van der Waals surface area contributed by atoms with Crippen LogP contribution >= 0.6 is 0 Å². The van der Waals surface area contributed by atoms with Crippen LogP contribution in [0, 0.1) is 5.92 Å². The average Bonchev–Trinajstić information content (AvgIpc) is 1.79. The Kier molecular flexibility index (Phi) is 2.78. The Labute approximate surface area is 68.3 Å². The number of carboxylic acid groups (broad SMARTS) is 2. The normalized spacial score (nSPS) is 32.9. The third kappa shape index (κ3) is 1.54. The molecule has 0 amide bonds. The van der Waals surface area contributed by atoms with Crippen LogP contribution in [0.15, 0.2) is 0 Å². The van der Waals surface area contributed by atoms with Crippen molar-refractivity contribution in [2.24, 2.45) is 11.7 Å². The van der Waals surface area contributed by atoms with Crippen molar-refractivity contribution in [3.05, 3.63) is 0 Å². The predicted molar refractivity (Wildman–Crippen MR) is 38.5 cm³/mol. The van der Waals surface area contributed by atoms with Crippen LogP contribution in [-0.4, -0.2) is 33.2 Å². The number of hydrogen-bond donors (Lipinski definition) is 3. The molecule has 0 bridgehead atoms. The second-order valence-electron chi connectivity index (χ2n) is 2.90. The van der Waals surface area contributed by atoms with E-state index in [1.807, 2.05) is 0 Å². The first-order chi connectivity index (χ1) is 4.96. The number of hydrogen-bond acceptors (Lipinski definition) is 3. The molecular formula is C6H11NO5. The SMILES string of the molecule is NC1(C(=O)O)CC(C(=O)O)C1.O. The quantitative estimate of drug-likeness (QED) is 0.469. The predicted octanol–water partition coefficient (Wildman–Crippen LogP) is -1.56. The minimum Gasteiger partial charge on any atom is -0.481 e. The molecule has 6 nitrogen and oxygen atoms in total. The van der Waals surface area contributed by atoms with Crippen LogP contribution in [0.5, 0.6) is 0 Å². The Morgan fingerprint density at radius 1 is 1.33 bits per heavy atom. The summed E-state index contributed by atoms with van der Waals surface area (Å²) in [5.41, 5.74) is 4.02. The van der Waals surface area contributed by atoms with E-state index in [9.17, 15) is 9.59 Å². The van der Waals surface area contributed by atoms with Crippen molar-refractivity contribution in [2.45, 2.75) is 18.4 Å². The zero-order valence-electron chi connectivity index (χ0n) is 6.28. The Morgan fingerprint density at radius 2 is 1.75 bits per heavy atom. The van der Waals surface area contributed by atoms with E-state index in [-0.39, 0.29) is 18.3 Å². The van der Waals surface area contributed by atoms with Gasteiger partial charge < -0.3 is 21.4 Å². The lowest BCUT2D eigenvalue weighted by molar-refractivity contribution is -0.156. The summed E-state index contributed by atoms with van der Waals surface area (Å²) < 4.78 is 0. The molecule has 0 radical (unpaired) electrons. The lowest BCUT2D eigenvalue weighted by atomic mass is 9.69. The maximum atomic E-state index is 10.4. The van der Waals surface area contributed by atoms with E-state index >= 15 is 0 Å². The summed E-state index contributed by atoms with van der Waals surface area (Å²) in [5.74, 6) is -2.65. The van der Waals surface area contributed by atoms with Gasteiger partial charge in [0.05, 0.1) is 5.92 Å². The third-order valence-corrected chi connectivity index (χ3v) is 2.00. The topological polar surface area (TPSA) is 132 Å². The van der Waals surface area contributed by atoms with Gasteiger partial charge in [0.15, 0.2) is 0 Å². The van der Waals surface area contributed by atoms with E-state index in [2.05, 4.69) is 0 Å². The first kappa shape index (κ1) is 10.9. The lowest BCUT2D eigenvalue weighted by Crippen LogP contribution is -2.59. The molecule has 6 N–H and O–H groups in total.